The van der Waals surface area contributed by atoms with Gasteiger partial charge in [0.1, 0.15) is 5.76 Å². The minimum absolute atomic E-state index is 0.642. The number of nitrogens with one attached hydrogen (secondary N) is 1. The first kappa shape index (κ1) is 13.2. The van der Waals surface area contributed by atoms with Crippen LogP contribution in [0.2, 0.25) is 0 Å². The van der Waals surface area contributed by atoms with Crippen LogP contribution in [0.25, 0.3) is 0 Å². The van der Waals surface area contributed by atoms with Crippen LogP contribution in [0.3, 0.4) is 0 Å². The molecule has 2 aromatic heterocycles. The Morgan fingerprint density at radius 2 is 2.30 bits per heavy atom. The van der Waals surface area contributed by atoms with Gasteiger partial charge in [-0.3, -0.25) is 4.98 Å². The van der Waals surface area contributed by atoms with Gasteiger partial charge in [-0.2, -0.15) is 0 Å². The van der Waals surface area contributed by atoms with Crippen LogP contribution >= 0.6 is 0 Å². The summed E-state index contributed by atoms with van der Waals surface area (Å²) in [4.78, 5) is 6.72. The lowest BCUT2D eigenvalue weighted by Gasteiger charge is -2.26. The molecule has 4 heteroatoms. The van der Waals surface area contributed by atoms with E-state index in [9.17, 15) is 0 Å². The first-order valence-corrected chi connectivity index (χ1v) is 7.31. The zero-order chi connectivity index (χ0) is 13.8. The normalized spacial score (nSPS) is 14.4. The highest BCUT2D eigenvalue weighted by Gasteiger charge is 2.30. The summed E-state index contributed by atoms with van der Waals surface area (Å²) in [5.41, 5.74) is 2.53. The van der Waals surface area contributed by atoms with Gasteiger partial charge in [0.2, 0.25) is 0 Å². The minimum Gasteiger partial charge on any atom is -0.467 e. The summed E-state index contributed by atoms with van der Waals surface area (Å²) >= 11 is 0. The molecule has 0 amide bonds. The summed E-state index contributed by atoms with van der Waals surface area (Å²) in [6, 6.07) is 6.75. The molecule has 0 bridgehead atoms. The zero-order valence-corrected chi connectivity index (χ0v) is 11.9. The van der Waals surface area contributed by atoms with E-state index in [2.05, 4.69) is 28.2 Å². The van der Waals surface area contributed by atoms with Crippen molar-refractivity contribution >= 4 is 5.69 Å². The van der Waals surface area contributed by atoms with Gasteiger partial charge in [0.15, 0.2) is 0 Å². The SMILES string of the molecule is CCNCc1cnccc1N(Cc1ccco1)C1CC1. The summed E-state index contributed by atoms with van der Waals surface area (Å²) in [5.74, 6) is 1.02. The van der Waals surface area contributed by atoms with E-state index in [1.165, 1.54) is 24.1 Å². The van der Waals surface area contributed by atoms with Gasteiger partial charge in [-0.25, -0.2) is 0 Å². The number of anilines is 1. The topological polar surface area (TPSA) is 41.3 Å². The number of furan rings is 1. The van der Waals surface area contributed by atoms with Crippen molar-refractivity contribution in [1.29, 1.82) is 0 Å². The molecule has 1 fully saturated rings. The standard InChI is InChI=1S/C16H21N3O/c1-2-17-10-13-11-18-8-7-16(13)19(14-5-6-14)12-15-4-3-9-20-15/h3-4,7-9,11,14,17H,2,5-6,10,12H2,1H3. The van der Waals surface area contributed by atoms with Crippen molar-refractivity contribution in [3.63, 3.8) is 0 Å². The molecule has 0 atom stereocenters. The second kappa shape index (κ2) is 6.09. The molecule has 0 saturated heterocycles. The summed E-state index contributed by atoms with van der Waals surface area (Å²) < 4.78 is 5.51. The van der Waals surface area contributed by atoms with E-state index in [0.29, 0.717) is 6.04 Å². The molecular weight excluding hydrogens is 250 g/mol. The van der Waals surface area contributed by atoms with Gasteiger partial charge in [0, 0.05) is 36.2 Å². The molecule has 2 heterocycles. The van der Waals surface area contributed by atoms with Crippen molar-refractivity contribution < 1.29 is 4.42 Å². The molecular formula is C16H21N3O. The fourth-order valence-electron chi connectivity index (χ4n) is 2.46. The Kier molecular flexibility index (Phi) is 4.02. The van der Waals surface area contributed by atoms with E-state index >= 15 is 0 Å². The predicted octanol–water partition coefficient (Wildman–Crippen LogP) is 2.95. The molecule has 0 aromatic carbocycles. The maximum absolute atomic E-state index is 5.51. The second-order valence-electron chi connectivity index (χ2n) is 5.22. The Morgan fingerprint density at radius 3 is 3.00 bits per heavy atom. The molecule has 3 rings (SSSR count). The number of nitrogens with zero attached hydrogens (tertiary/aromatic N) is 2. The number of hydrogen-bond acceptors (Lipinski definition) is 4. The summed E-state index contributed by atoms with van der Waals surface area (Å²) in [5, 5.41) is 3.39. The van der Waals surface area contributed by atoms with E-state index in [0.717, 1.165) is 25.4 Å². The van der Waals surface area contributed by atoms with Gasteiger partial charge in [0.25, 0.3) is 0 Å². The van der Waals surface area contributed by atoms with Crippen molar-refractivity contribution in [2.24, 2.45) is 0 Å². The predicted molar refractivity (Wildman–Crippen MR) is 79.5 cm³/mol. The van der Waals surface area contributed by atoms with Crippen molar-refractivity contribution in [3.8, 4) is 0 Å². The molecule has 0 aliphatic heterocycles. The Morgan fingerprint density at radius 1 is 1.40 bits per heavy atom. The molecule has 4 nitrogen and oxygen atoms in total. The largest absolute Gasteiger partial charge is 0.467 e. The first-order chi connectivity index (χ1) is 9.88. The van der Waals surface area contributed by atoms with Gasteiger partial charge in [0.05, 0.1) is 12.8 Å². The van der Waals surface area contributed by atoms with Crippen molar-refractivity contribution in [2.75, 3.05) is 11.4 Å². The summed E-state index contributed by atoms with van der Waals surface area (Å²) in [7, 11) is 0. The van der Waals surface area contributed by atoms with Crippen LogP contribution in [-0.4, -0.2) is 17.6 Å². The molecule has 2 aromatic rings. The van der Waals surface area contributed by atoms with E-state index in [-0.39, 0.29) is 0 Å². The highest BCUT2D eigenvalue weighted by atomic mass is 16.3. The van der Waals surface area contributed by atoms with Gasteiger partial charge >= 0.3 is 0 Å². The monoisotopic (exact) mass is 271 g/mol. The Balaban J connectivity index is 1.83. The lowest BCUT2D eigenvalue weighted by Crippen LogP contribution is -2.27. The number of aromatic nitrogens is 1. The van der Waals surface area contributed by atoms with Crippen molar-refractivity contribution in [3.05, 3.63) is 48.2 Å². The third-order valence-corrected chi connectivity index (χ3v) is 3.65. The van der Waals surface area contributed by atoms with Crippen molar-refractivity contribution in [1.82, 2.24) is 10.3 Å². The van der Waals surface area contributed by atoms with Gasteiger partial charge in [-0.15, -0.1) is 0 Å². The highest BCUT2D eigenvalue weighted by molar-refractivity contribution is 5.54. The second-order valence-corrected chi connectivity index (χ2v) is 5.22. The van der Waals surface area contributed by atoms with Crippen LogP contribution in [0.1, 0.15) is 31.1 Å². The molecule has 0 radical (unpaired) electrons. The van der Waals surface area contributed by atoms with Crippen LogP contribution in [0.4, 0.5) is 5.69 Å². The molecule has 1 aliphatic carbocycles. The lowest BCUT2D eigenvalue weighted by molar-refractivity contribution is 0.500. The molecule has 0 spiro atoms. The quantitative estimate of drug-likeness (QED) is 0.840. The number of pyridine rings is 1. The van der Waals surface area contributed by atoms with Crippen LogP contribution < -0.4 is 10.2 Å². The van der Waals surface area contributed by atoms with Crippen LogP contribution in [-0.2, 0) is 13.1 Å². The van der Waals surface area contributed by atoms with Gasteiger partial charge in [-0.1, -0.05) is 6.92 Å². The van der Waals surface area contributed by atoms with Crippen LogP contribution in [0.15, 0.2) is 41.3 Å². The average Bonchev–Trinajstić information content (AvgIpc) is 3.20. The Bertz CT molecular complexity index is 534. The fourth-order valence-corrected chi connectivity index (χ4v) is 2.46. The first-order valence-electron chi connectivity index (χ1n) is 7.31. The molecule has 20 heavy (non-hydrogen) atoms. The average molecular weight is 271 g/mol. The zero-order valence-electron chi connectivity index (χ0n) is 11.9. The Labute approximate surface area is 119 Å². The lowest BCUT2D eigenvalue weighted by atomic mass is 10.2. The highest BCUT2D eigenvalue weighted by Crippen LogP contribution is 2.34. The molecule has 1 aliphatic rings. The van der Waals surface area contributed by atoms with E-state index in [1.54, 1.807) is 6.26 Å². The van der Waals surface area contributed by atoms with E-state index in [1.807, 2.05) is 24.5 Å². The Hall–Kier alpha value is -1.81. The number of rotatable bonds is 7. The summed E-state index contributed by atoms with van der Waals surface area (Å²) in [6.45, 7) is 4.79. The fraction of sp³-hybridized carbons (Fsp3) is 0.438. The third kappa shape index (κ3) is 3.02. The molecule has 106 valence electrons. The van der Waals surface area contributed by atoms with Crippen LogP contribution in [0.5, 0.6) is 0 Å². The van der Waals surface area contributed by atoms with Crippen LogP contribution in [0, 0.1) is 0 Å². The minimum atomic E-state index is 0.642. The van der Waals surface area contributed by atoms with Gasteiger partial charge in [-0.05, 0) is 37.6 Å². The third-order valence-electron chi connectivity index (χ3n) is 3.65. The van der Waals surface area contributed by atoms with E-state index in [4.69, 9.17) is 4.42 Å². The maximum Gasteiger partial charge on any atom is 0.123 e. The summed E-state index contributed by atoms with van der Waals surface area (Å²) in [6.07, 6.45) is 8.12. The van der Waals surface area contributed by atoms with Gasteiger partial charge < -0.3 is 14.6 Å². The smallest absolute Gasteiger partial charge is 0.123 e. The maximum atomic E-state index is 5.51. The van der Waals surface area contributed by atoms with E-state index < -0.39 is 0 Å². The molecule has 1 N–H and O–H groups in total. The number of hydrogen-bond donors (Lipinski definition) is 1. The molecule has 1 saturated carbocycles. The van der Waals surface area contributed by atoms with Crippen molar-refractivity contribution in [2.45, 2.75) is 38.9 Å². The molecule has 0 unspecified atom stereocenters.